The van der Waals surface area contributed by atoms with Crippen LogP contribution in [-0.2, 0) is 6.42 Å². The molecule has 1 N–H and O–H groups in total. The van der Waals surface area contributed by atoms with Crippen LogP contribution in [0.15, 0.2) is 36.5 Å². The van der Waals surface area contributed by atoms with Gasteiger partial charge in [0, 0.05) is 47.3 Å². The second-order valence-corrected chi connectivity index (χ2v) is 9.28. The summed E-state index contributed by atoms with van der Waals surface area (Å²) in [7, 11) is 1.65. The van der Waals surface area contributed by atoms with Gasteiger partial charge in [0.2, 0.25) is 0 Å². The van der Waals surface area contributed by atoms with Crippen molar-refractivity contribution in [2.75, 3.05) is 13.7 Å². The first-order chi connectivity index (χ1) is 16.5. The number of nitrogens with one attached hydrogen (secondary N) is 1. The van der Waals surface area contributed by atoms with Crippen molar-refractivity contribution in [1.82, 2.24) is 10.3 Å². The molecule has 178 valence electrons. The zero-order valence-corrected chi connectivity index (χ0v) is 20.7. The van der Waals surface area contributed by atoms with Crippen LogP contribution in [0.4, 0.5) is 0 Å². The van der Waals surface area contributed by atoms with Gasteiger partial charge in [-0.05, 0) is 67.3 Å². The predicted octanol–water partition coefficient (Wildman–Crippen LogP) is 6.29. The normalized spacial score (nSPS) is 13.2. The highest BCUT2D eigenvalue weighted by Gasteiger charge is 2.26. The molecule has 1 aromatic heterocycles. The van der Waals surface area contributed by atoms with Gasteiger partial charge in [0.15, 0.2) is 5.78 Å². The number of carbonyl (C=O) groups excluding carboxylic acids is 2. The predicted molar refractivity (Wildman–Crippen MR) is 137 cm³/mol. The molecule has 0 aliphatic heterocycles. The Labute approximate surface area is 201 Å². The van der Waals surface area contributed by atoms with Gasteiger partial charge in [0.25, 0.3) is 5.91 Å². The Morgan fingerprint density at radius 2 is 1.91 bits per heavy atom. The van der Waals surface area contributed by atoms with Crippen molar-refractivity contribution >= 4 is 22.6 Å². The quantitative estimate of drug-likeness (QED) is 0.286. The standard InChI is InChI=1S/C29H34N2O3/c1-5-7-12-30-29(33)22-11-10-20(13-18(22)3)23-15-24-21(6-2)25(27(32)14-19-8-9-19)17-31-26(24)16-28(23)34-4/h10-11,13,15-17,19H,5-9,12,14H2,1-4H3,(H,30,33). The second-order valence-electron chi connectivity index (χ2n) is 9.28. The van der Waals surface area contributed by atoms with Gasteiger partial charge in [0.05, 0.1) is 12.6 Å². The average Bonchev–Trinajstić information content (AvgIpc) is 3.66. The first kappa shape index (κ1) is 23.9. The Bertz CT molecular complexity index is 1230. The molecule has 1 amide bonds. The third kappa shape index (κ3) is 4.98. The zero-order chi connectivity index (χ0) is 24.2. The summed E-state index contributed by atoms with van der Waals surface area (Å²) in [4.78, 5) is 30.1. The van der Waals surface area contributed by atoms with E-state index < -0.39 is 0 Å². The van der Waals surface area contributed by atoms with Crippen molar-refractivity contribution in [3.05, 3.63) is 58.8 Å². The Kier molecular flexibility index (Phi) is 7.30. The first-order valence-electron chi connectivity index (χ1n) is 12.4. The Hall–Kier alpha value is -3.21. The highest BCUT2D eigenvalue weighted by molar-refractivity contribution is 6.03. The summed E-state index contributed by atoms with van der Waals surface area (Å²) < 4.78 is 5.72. The van der Waals surface area contributed by atoms with Crippen LogP contribution in [0.25, 0.3) is 22.0 Å². The molecule has 5 heteroatoms. The molecule has 1 fully saturated rings. The smallest absolute Gasteiger partial charge is 0.251 e. The van der Waals surface area contributed by atoms with Crippen LogP contribution < -0.4 is 10.1 Å². The molecule has 1 aliphatic rings. The summed E-state index contributed by atoms with van der Waals surface area (Å²) in [5.74, 6) is 1.42. The number of aryl methyl sites for hydroxylation is 2. The fraction of sp³-hybridized carbons (Fsp3) is 0.414. The number of carbonyl (C=O) groups is 2. The van der Waals surface area contributed by atoms with Crippen molar-refractivity contribution < 1.29 is 14.3 Å². The van der Waals surface area contributed by atoms with E-state index in [4.69, 9.17) is 4.74 Å². The summed E-state index contributed by atoms with van der Waals surface area (Å²) >= 11 is 0. The SMILES string of the molecule is CCCCNC(=O)c1ccc(-c2cc3c(CC)c(C(=O)CC4CC4)cnc3cc2OC)cc1C. The number of pyridine rings is 1. The van der Waals surface area contributed by atoms with E-state index in [2.05, 4.69) is 30.2 Å². The summed E-state index contributed by atoms with van der Waals surface area (Å²) in [6.07, 6.45) is 7.43. The van der Waals surface area contributed by atoms with E-state index in [9.17, 15) is 9.59 Å². The van der Waals surface area contributed by atoms with Crippen LogP contribution >= 0.6 is 0 Å². The molecule has 5 nitrogen and oxygen atoms in total. The van der Waals surface area contributed by atoms with Crippen LogP contribution in [0.1, 0.15) is 77.8 Å². The molecular weight excluding hydrogens is 424 g/mol. The monoisotopic (exact) mass is 458 g/mol. The Morgan fingerprint density at radius 3 is 2.56 bits per heavy atom. The van der Waals surface area contributed by atoms with Crippen molar-refractivity contribution in [3.63, 3.8) is 0 Å². The Morgan fingerprint density at radius 1 is 1.12 bits per heavy atom. The number of methoxy groups -OCH3 is 1. The van der Waals surface area contributed by atoms with E-state index in [1.807, 2.05) is 31.2 Å². The van der Waals surface area contributed by atoms with Crippen molar-refractivity contribution in [3.8, 4) is 16.9 Å². The van der Waals surface area contributed by atoms with E-state index in [0.29, 0.717) is 24.4 Å². The molecule has 34 heavy (non-hydrogen) atoms. The van der Waals surface area contributed by atoms with E-state index in [1.165, 1.54) is 0 Å². The highest BCUT2D eigenvalue weighted by Crippen LogP contribution is 2.38. The molecule has 0 radical (unpaired) electrons. The number of unbranched alkanes of at least 4 members (excludes halogenated alkanes) is 1. The van der Waals surface area contributed by atoms with E-state index in [-0.39, 0.29) is 11.7 Å². The molecule has 0 saturated heterocycles. The Balaban J connectivity index is 1.74. The third-order valence-electron chi connectivity index (χ3n) is 6.72. The first-order valence-corrected chi connectivity index (χ1v) is 12.4. The van der Waals surface area contributed by atoms with E-state index in [0.717, 1.165) is 76.6 Å². The van der Waals surface area contributed by atoms with Gasteiger partial charge in [0.1, 0.15) is 5.75 Å². The van der Waals surface area contributed by atoms with Crippen molar-refractivity contribution in [2.45, 2.75) is 59.3 Å². The third-order valence-corrected chi connectivity index (χ3v) is 6.72. The van der Waals surface area contributed by atoms with Crippen LogP contribution in [0.2, 0.25) is 0 Å². The topological polar surface area (TPSA) is 68.3 Å². The molecule has 0 bridgehead atoms. The number of fused-ring (bicyclic) bond motifs is 1. The van der Waals surface area contributed by atoms with Crippen LogP contribution in [0.5, 0.6) is 5.75 Å². The lowest BCUT2D eigenvalue weighted by Crippen LogP contribution is -2.25. The van der Waals surface area contributed by atoms with Gasteiger partial charge in [-0.1, -0.05) is 32.4 Å². The maximum Gasteiger partial charge on any atom is 0.251 e. The average molecular weight is 459 g/mol. The van der Waals surface area contributed by atoms with Crippen LogP contribution in [0.3, 0.4) is 0 Å². The molecule has 0 atom stereocenters. The fourth-order valence-corrected chi connectivity index (χ4v) is 4.54. The number of Topliss-reactive ketones (excluding diaryl/α,β-unsaturated/α-hetero) is 1. The summed E-state index contributed by atoms with van der Waals surface area (Å²) in [6, 6.07) is 9.90. The molecule has 0 spiro atoms. The number of ether oxygens (including phenoxy) is 1. The number of ketones is 1. The van der Waals surface area contributed by atoms with Crippen molar-refractivity contribution in [1.29, 1.82) is 0 Å². The summed E-state index contributed by atoms with van der Waals surface area (Å²) in [5.41, 5.74) is 6.11. The maximum atomic E-state index is 12.9. The summed E-state index contributed by atoms with van der Waals surface area (Å²) in [5, 5.41) is 3.98. The van der Waals surface area contributed by atoms with Gasteiger partial charge in [-0.25, -0.2) is 0 Å². The number of nitrogens with zero attached hydrogens (tertiary/aromatic N) is 1. The minimum Gasteiger partial charge on any atom is -0.496 e. The molecule has 0 unspecified atom stereocenters. The maximum absolute atomic E-state index is 12.9. The second kappa shape index (κ2) is 10.4. The number of rotatable bonds is 10. The molecule has 1 heterocycles. The highest BCUT2D eigenvalue weighted by atomic mass is 16.5. The molecule has 1 saturated carbocycles. The van der Waals surface area contributed by atoms with Gasteiger partial charge in [-0.2, -0.15) is 0 Å². The number of hydrogen-bond acceptors (Lipinski definition) is 4. The molecule has 1 aliphatic carbocycles. The molecular formula is C29H34N2O3. The van der Waals surface area contributed by atoms with E-state index in [1.54, 1.807) is 13.3 Å². The molecule has 4 rings (SSSR count). The lowest BCUT2D eigenvalue weighted by Gasteiger charge is -2.16. The fourth-order valence-electron chi connectivity index (χ4n) is 4.54. The van der Waals surface area contributed by atoms with E-state index >= 15 is 0 Å². The number of hydrogen-bond donors (Lipinski definition) is 1. The zero-order valence-electron chi connectivity index (χ0n) is 20.7. The number of benzene rings is 2. The molecule has 3 aromatic rings. The van der Waals surface area contributed by atoms with Gasteiger partial charge < -0.3 is 10.1 Å². The largest absolute Gasteiger partial charge is 0.496 e. The van der Waals surface area contributed by atoms with Crippen LogP contribution in [0, 0.1) is 12.8 Å². The minimum atomic E-state index is -0.0423. The van der Waals surface area contributed by atoms with Gasteiger partial charge in [-0.3, -0.25) is 14.6 Å². The lowest BCUT2D eigenvalue weighted by atomic mass is 9.92. The number of aromatic nitrogens is 1. The van der Waals surface area contributed by atoms with Crippen LogP contribution in [-0.4, -0.2) is 30.3 Å². The molecule has 2 aromatic carbocycles. The minimum absolute atomic E-state index is 0.0423. The van der Waals surface area contributed by atoms with Crippen molar-refractivity contribution in [2.24, 2.45) is 5.92 Å². The van der Waals surface area contributed by atoms with Gasteiger partial charge in [-0.15, -0.1) is 0 Å². The summed E-state index contributed by atoms with van der Waals surface area (Å²) in [6.45, 7) is 6.83. The number of amides is 1. The lowest BCUT2D eigenvalue weighted by molar-refractivity contribution is 0.0950. The van der Waals surface area contributed by atoms with Gasteiger partial charge >= 0.3 is 0 Å².